The number of nitrogens with zero attached hydrogens (tertiary/aromatic N) is 2. The third kappa shape index (κ3) is 1.41. The maximum atomic E-state index is 6.89. The van der Waals surface area contributed by atoms with Crippen LogP contribution in [0.15, 0.2) is 24.3 Å². The van der Waals surface area contributed by atoms with Gasteiger partial charge in [-0.1, -0.05) is 29.3 Å². The van der Waals surface area contributed by atoms with Gasteiger partial charge >= 0.3 is 0 Å². The minimum absolute atomic E-state index is 0.217. The van der Waals surface area contributed by atoms with Crippen molar-refractivity contribution < 1.29 is 0 Å². The Balaban J connectivity index is 2.89. The third-order valence-corrected chi connectivity index (χ3v) is 2.47. The molecule has 2 nitrogen and oxygen atoms in total. The smallest absolute Gasteiger partial charge is 0.224 e. The Labute approximate surface area is 90.9 Å². The first kappa shape index (κ1) is 9.26. The van der Waals surface area contributed by atoms with Crippen molar-refractivity contribution >= 4 is 39.8 Å². The van der Waals surface area contributed by atoms with Crippen LogP contribution in [0.1, 0.15) is 0 Å². The van der Waals surface area contributed by atoms with Gasteiger partial charge in [-0.15, -0.1) is 0 Å². The van der Waals surface area contributed by atoms with Crippen molar-refractivity contribution in [1.82, 2.24) is 4.98 Å². The van der Waals surface area contributed by atoms with Gasteiger partial charge in [0, 0.05) is 10.4 Å². The molecule has 2 aromatic rings. The molecule has 68 valence electrons. The second-order valence-corrected chi connectivity index (χ2v) is 3.48. The maximum Gasteiger partial charge on any atom is 0.224 e. The van der Waals surface area contributed by atoms with Crippen LogP contribution in [0.4, 0.5) is 5.69 Å². The van der Waals surface area contributed by atoms with Gasteiger partial charge in [-0.05, 0) is 18.2 Å². The van der Waals surface area contributed by atoms with Crippen LogP contribution in [0.5, 0.6) is 0 Å². The number of fused-ring (bicyclic) bond motifs is 1. The summed E-state index contributed by atoms with van der Waals surface area (Å²) in [7, 11) is 0. The minimum Gasteiger partial charge on any atom is -0.248 e. The van der Waals surface area contributed by atoms with Gasteiger partial charge in [0.2, 0.25) is 5.69 Å². The molecule has 1 aromatic heterocycles. The quantitative estimate of drug-likeness (QED) is 0.485. The van der Waals surface area contributed by atoms with E-state index in [1.54, 1.807) is 24.3 Å². The van der Waals surface area contributed by atoms with E-state index in [9.17, 15) is 0 Å². The number of rotatable bonds is 0. The number of benzene rings is 1. The molecule has 0 saturated carbocycles. The number of aromatic nitrogens is 1. The monoisotopic (exact) mass is 222 g/mol. The summed E-state index contributed by atoms with van der Waals surface area (Å²) in [5.74, 6) is 0. The molecule has 4 heteroatoms. The van der Waals surface area contributed by atoms with Crippen molar-refractivity contribution in [1.29, 1.82) is 0 Å². The van der Waals surface area contributed by atoms with Crippen LogP contribution in [0.2, 0.25) is 10.2 Å². The van der Waals surface area contributed by atoms with E-state index in [2.05, 4.69) is 9.83 Å². The van der Waals surface area contributed by atoms with Crippen molar-refractivity contribution in [3.63, 3.8) is 0 Å². The van der Waals surface area contributed by atoms with E-state index in [1.807, 2.05) is 0 Å². The zero-order valence-corrected chi connectivity index (χ0v) is 8.47. The first-order valence-electron chi connectivity index (χ1n) is 3.84. The van der Waals surface area contributed by atoms with Crippen molar-refractivity contribution in [2.75, 3.05) is 0 Å². The van der Waals surface area contributed by atoms with Crippen LogP contribution in [-0.2, 0) is 0 Å². The third-order valence-electron chi connectivity index (χ3n) is 1.86. The fraction of sp³-hybridized carbons (Fsp3) is 0. The van der Waals surface area contributed by atoms with Gasteiger partial charge in [-0.3, -0.25) is 0 Å². The number of hydrogen-bond acceptors (Lipinski definition) is 1. The van der Waals surface area contributed by atoms with Crippen molar-refractivity contribution in [2.24, 2.45) is 0 Å². The van der Waals surface area contributed by atoms with E-state index in [-0.39, 0.29) is 5.15 Å². The van der Waals surface area contributed by atoms with Crippen LogP contribution in [0, 0.1) is 6.57 Å². The second-order valence-electron chi connectivity index (χ2n) is 2.72. The predicted octanol–water partition coefficient (Wildman–Crippen LogP) is 4.09. The molecule has 0 aliphatic carbocycles. The molecule has 0 aliphatic rings. The van der Waals surface area contributed by atoms with E-state index in [4.69, 9.17) is 29.8 Å². The van der Waals surface area contributed by atoms with Gasteiger partial charge in [0.25, 0.3) is 0 Å². The summed E-state index contributed by atoms with van der Waals surface area (Å²) in [5.41, 5.74) is 1.03. The fourth-order valence-corrected chi connectivity index (χ4v) is 1.62. The molecule has 2 rings (SSSR count). The maximum absolute atomic E-state index is 6.89. The van der Waals surface area contributed by atoms with Gasteiger partial charge in [-0.25, -0.2) is 9.83 Å². The predicted molar refractivity (Wildman–Crippen MR) is 58.0 cm³/mol. The zero-order valence-electron chi connectivity index (χ0n) is 6.96. The summed E-state index contributed by atoms with van der Waals surface area (Å²) >= 11 is 11.7. The average molecular weight is 223 g/mol. The lowest BCUT2D eigenvalue weighted by Gasteiger charge is -2.01. The molecule has 0 unspecified atom stereocenters. The standard InChI is InChI=1S/C10H4Cl2N2/c1-13-9-5-6-7(11)3-2-4-8(6)14-10(9)12/h2-5H. The molecule has 0 aliphatic heterocycles. The Bertz CT molecular complexity index is 544. The first-order chi connectivity index (χ1) is 6.72. The summed E-state index contributed by atoms with van der Waals surface area (Å²) in [6, 6.07) is 7.01. The molecule has 1 heterocycles. The number of pyridine rings is 1. The summed E-state index contributed by atoms with van der Waals surface area (Å²) in [5, 5.41) is 1.55. The van der Waals surface area contributed by atoms with Gasteiger partial charge in [0.1, 0.15) is 5.15 Å². The molecule has 0 atom stereocenters. The lowest BCUT2D eigenvalue weighted by molar-refractivity contribution is 1.42. The fourth-order valence-electron chi connectivity index (χ4n) is 1.20. The van der Waals surface area contributed by atoms with Crippen LogP contribution in [0.25, 0.3) is 15.7 Å². The molecule has 0 spiro atoms. The van der Waals surface area contributed by atoms with Gasteiger partial charge in [0.15, 0.2) is 0 Å². The molecule has 0 amide bonds. The topological polar surface area (TPSA) is 17.2 Å². The van der Waals surface area contributed by atoms with Crippen LogP contribution < -0.4 is 0 Å². The highest BCUT2D eigenvalue weighted by Crippen LogP contribution is 2.30. The first-order valence-corrected chi connectivity index (χ1v) is 4.60. The molecular formula is C10H4Cl2N2. The van der Waals surface area contributed by atoms with Crippen LogP contribution in [0.3, 0.4) is 0 Å². The van der Waals surface area contributed by atoms with E-state index < -0.39 is 0 Å². The molecular weight excluding hydrogens is 219 g/mol. The highest BCUT2D eigenvalue weighted by molar-refractivity contribution is 6.36. The highest BCUT2D eigenvalue weighted by Gasteiger charge is 2.06. The summed E-state index contributed by atoms with van der Waals surface area (Å²) in [6.45, 7) is 6.89. The zero-order chi connectivity index (χ0) is 10.1. The normalized spacial score (nSPS) is 10.1. The summed E-state index contributed by atoms with van der Waals surface area (Å²) in [4.78, 5) is 7.33. The van der Waals surface area contributed by atoms with Gasteiger partial charge in [-0.2, -0.15) is 0 Å². The van der Waals surface area contributed by atoms with E-state index in [0.717, 1.165) is 5.39 Å². The molecule has 0 fully saturated rings. The van der Waals surface area contributed by atoms with Gasteiger partial charge in [0.05, 0.1) is 12.1 Å². The Morgan fingerprint density at radius 3 is 2.79 bits per heavy atom. The van der Waals surface area contributed by atoms with E-state index >= 15 is 0 Å². The number of hydrogen-bond donors (Lipinski definition) is 0. The van der Waals surface area contributed by atoms with Crippen molar-refractivity contribution in [3.8, 4) is 0 Å². The largest absolute Gasteiger partial charge is 0.248 e. The lowest BCUT2D eigenvalue weighted by Crippen LogP contribution is -1.80. The van der Waals surface area contributed by atoms with Crippen molar-refractivity contribution in [2.45, 2.75) is 0 Å². The van der Waals surface area contributed by atoms with E-state index in [0.29, 0.717) is 16.2 Å². The lowest BCUT2D eigenvalue weighted by atomic mass is 10.2. The molecule has 14 heavy (non-hydrogen) atoms. The molecule has 0 radical (unpaired) electrons. The Morgan fingerprint density at radius 2 is 2.07 bits per heavy atom. The molecule has 1 aromatic carbocycles. The molecule has 0 N–H and O–H groups in total. The Kier molecular flexibility index (Phi) is 2.28. The summed E-state index contributed by atoms with van der Waals surface area (Å²) < 4.78 is 0. The van der Waals surface area contributed by atoms with Gasteiger partial charge < -0.3 is 0 Å². The summed E-state index contributed by atoms with van der Waals surface area (Å²) in [6.07, 6.45) is 0. The average Bonchev–Trinajstić information content (AvgIpc) is 2.17. The SMILES string of the molecule is [C-]#[N+]c1cc2c(Cl)cccc2nc1Cl. The molecule has 0 bridgehead atoms. The Morgan fingerprint density at radius 1 is 1.29 bits per heavy atom. The van der Waals surface area contributed by atoms with E-state index in [1.165, 1.54) is 0 Å². The highest BCUT2D eigenvalue weighted by atomic mass is 35.5. The minimum atomic E-state index is 0.217. The Hall–Kier alpha value is -1.30. The van der Waals surface area contributed by atoms with Crippen LogP contribution in [-0.4, -0.2) is 4.98 Å². The molecule has 0 saturated heterocycles. The van der Waals surface area contributed by atoms with Crippen molar-refractivity contribution in [3.05, 3.63) is 45.9 Å². The van der Waals surface area contributed by atoms with Crippen LogP contribution >= 0.6 is 23.2 Å². The second kappa shape index (κ2) is 3.45. The number of halogens is 2.